The predicted molar refractivity (Wildman–Crippen MR) is 66.7 cm³/mol. The molecular formula is C12H20N2OS. The van der Waals surface area contributed by atoms with Gasteiger partial charge in [0.1, 0.15) is 5.01 Å². The molecule has 1 unspecified atom stereocenters. The quantitative estimate of drug-likeness (QED) is 0.873. The van der Waals surface area contributed by atoms with E-state index in [4.69, 9.17) is 0 Å². The van der Waals surface area contributed by atoms with Crippen LogP contribution in [0.4, 0.5) is 0 Å². The molecule has 0 radical (unpaired) electrons. The van der Waals surface area contributed by atoms with Crippen molar-refractivity contribution >= 4 is 11.3 Å². The third kappa shape index (κ3) is 1.79. The molecular weight excluding hydrogens is 220 g/mol. The van der Waals surface area contributed by atoms with Crippen LogP contribution in [0.25, 0.3) is 0 Å². The van der Waals surface area contributed by atoms with E-state index in [0.717, 1.165) is 18.0 Å². The lowest BCUT2D eigenvalue weighted by Crippen LogP contribution is -2.18. The number of hydrogen-bond donors (Lipinski definition) is 1. The van der Waals surface area contributed by atoms with E-state index in [9.17, 15) is 5.11 Å². The molecule has 4 heteroatoms. The molecule has 1 heterocycles. The molecule has 16 heavy (non-hydrogen) atoms. The van der Waals surface area contributed by atoms with Gasteiger partial charge in [-0.1, -0.05) is 13.8 Å². The van der Waals surface area contributed by atoms with Crippen molar-refractivity contribution in [3.63, 3.8) is 0 Å². The minimum absolute atomic E-state index is 0.0672. The molecule has 1 aromatic rings. The maximum Gasteiger partial charge on any atom is 0.102 e. The van der Waals surface area contributed by atoms with Crippen LogP contribution in [0.2, 0.25) is 0 Å². The molecule has 0 saturated heterocycles. The Morgan fingerprint density at radius 2 is 2.12 bits per heavy atom. The van der Waals surface area contributed by atoms with Crippen LogP contribution in [0.5, 0.6) is 0 Å². The first-order valence-corrected chi connectivity index (χ1v) is 6.44. The molecule has 0 aliphatic heterocycles. The van der Waals surface area contributed by atoms with E-state index in [1.54, 1.807) is 11.3 Å². The van der Waals surface area contributed by atoms with Gasteiger partial charge in [0.15, 0.2) is 0 Å². The van der Waals surface area contributed by atoms with Gasteiger partial charge in [0, 0.05) is 17.6 Å². The Morgan fingerprint density at radius 1 is 1.50 bits per heavy atom. The zero-order valence-electron chi connectivity index (χ0n) is 10.4. The Morgan fingerprint density at radius 3 is 2.56 bits per heavy atom. The molecule has 0 bridgehead atoms. The van der Waals surface area contributed by atoms with Crippen molar-refractivity contribution in [2.75, 3.05) is 20.7 Å². The Kier molecular flexibility index (Phi) is 2.85. The summed E-state index contributed by atoms with van der Waals surface area (Å²) in [6.45, 7) is 5.56. The smallest absolute Gasteiger partial charge is 0.102 e. The van der Waals surface area contributed by atoms with Gasteiger partial charge in [-0.25, -0.2) is 4.98 Å². The van der Waals surface area contributed by atoms with Crippen LogP contribution in [0.15, 0.2) is 6.20 Å². The fraction of sp³-hybridized carbons (Fsp3) is 0.750. The third-order valence-electron chi connectivity index (χ3n) is 3.62. The SMILES string of the molecule is CN(C)Cc1cnc(C2(CO)CC2(C)C)s1. The first-order chi connectivity index (χ1) is 7.41. The number of aliphatic hydroxyl groups is 1. The van der Waals surface area contributed by atoms with E-state index in [1.807, 2.05) is 6.20 Å². The van der Waals surface area contributed by atoms with Crippen molar-refractivity contribution in [2.45, 2.75) is 32.2 Å². The summed E-state index contributed by atoms with van der Waals surface area (Å²) in [5.41, 5.74) is 0.136. The van der Waals surface area contributed by atoms with Gasteiger partial charge in [0.05, 0.1) is 12.0 Å². The largest absolute Gasteiger partial charge is 0.395 e. The van der Waals surface area contributed by atoms with Crippen LogP contribution in [-0.2, 0) is 12.0 Å². The van der Waals surface area contributed by atoms with Gasteiger partial charge in [-0.05, 0) is 25.9 Å². The molecule has 3 nitrogen and oxygen atoms in total. The lowest BCUT2D eigenvalue weighted by molar-refractivity contribution is 0.231. The van der Waals surface area contributed by atoms with Gasteiger partial charge < -0.3 is 10.0 Å². The molecule has 1 aromatic heterocycles. The van der Waals surface area contributed by atoms with Crippen molar-refractivity contribution in [3.8, 4) is 0 Å². The molecule has 90 valence electrons. The monoisotopic (exact) mass is 240 g/mol. The number of hydrogen-bond acceptors (Lipinski definition) is 4. The maximum absolute atomic E-state index is 9.59. The maximum atomic E-state index is 9.59. The summed E-state index contributed by atoms with van der Waals surface area (Å²) >= 11 is 1.74. The highest BCUT2D eigenvalue weighted by Crippen LogP contribution is 2.64. The molecule has 1 N–H and O–H groups in total. The van der Waals surface area contributed by atoms with Crippen molar-refractivity contribution in [2.24, 2.45) is 5.41 Å². The predicted octanol–water partition coefficient (Wildman–Crippen LogP) is 1.86. The molecule has 1 aliphatic rings. The second-order valence-electron chi connectivity index (χ2n) is 5.67. The summed E-state index contributed by atoms with van der Waals surface area (Å²) in [5, 5.41) is 10.7. The Bertz CT molecular complexity index is 386. The van der Waals surface area contributed by atoms with Crippen molar-refractivity contribution in [1.82, 2.24) is 9.88 Å². The molecule has 1 atom stereocenters. The number of aromatic nitrogens is 1. The summed E-state index contributed by atoms with van der Waals surface area (Å²) in [7, 11) is 4.12. The van der Waals surface area contributed by atoms with Crippen LogP contribution >= 0.6 is 11.3 Å². The number of nitrogens with zero attached hydrogens (tertiary/aromatic N) is 2. The molecule has 0 amide bonds. The molecule has 2 rings (SSSR count). The Balaban J connectivity index is 2.19. The molecule has 1 saturated carbocycles. The van der Waals surface area contributed by atoms with Crippen LogP contribution < -0.4 is 0 Å². The van der Waals surface area contributed by atoms with E-state index in [1.165, 1.54) is 4.88 Å². The third-order valence-corrected chi connectivity index (χ3v) is 4.81. The van der Waals surface area contributed by atoms with Crippen LogP contribution in [0.3, 0.4) is 0 Å². The van der Waals surface area contributed by atoms with Gasteiger partial charge in [0.2, 0.25) is 0 Å². The van der Waals surface area contributed by atoms with Gasteiger partial charge in [-0.15, -0.1) is 11.3 Å². The highest BCUT2D eigenvalue weighted by molar-refractivity contribution is 7.11. The zero-order chi connectivity index (χ0) is 12.0. The second-order valence-corrected chi connectivity index (χ2v) is 6.79. The van der Waals surface area contributed by atoms with Gasteiger partial charge in [-0.2, -0.15) is 0 Å². The second kappa shape index (κ2) is 3.79. The minimum Gasteiger partial charge on any atom is -0.395 e. The normalized spacial score (nSPS) is 27.4. The van der Waals surface area contributed by atoms with Gasteiger partial charge in [0.25, 0.3) is 0 Å². The Labute approximate surface area is 101 Å². The summed E-state index contributed by atoms with van der Waals surface area (Å²) in [4.78, 5) is 7.92. The summed E-state index contributed by atoms with van der Waals surface area (Å²) in [5.74, 6) is 0. The van der Waals surface area contributed by atoms with Crippen LogP contribution in [0.1, 0.15) is 30.2 Å². The van der Waals surface area contributed by atoms with E-state index in [2.05, 4.69) is 37.8 Å². The van der Waals surface area contributed by atoms with Crippen molar-refractivity contribution in [3.05, 3.63) is 16.1 Å². The Hall–Kier alpha value is -0.450. The average Bonchev–Trinajstić information content (AvgIpc) is 2.57. The number of aliphatic hydroxyl groups excluding tert-OH is 1. The molecule has 1 fully saturated rings. The zero-order valence-corrected chi connectivity index (χ0v) is 11.3. The van der Waals surface area contributed by atoms with Crippen LogP contribution in [-0.4, -0.2) is 35.7 Å². The standard InChI is InChI=1S/C12H20N2OS/c1-11(2)7-12(11,8-15)10-13-5-9(16-10)6-14(3)4/h5,15H,6-8H2,1-4H3. The van der Waals surface area contributed by atoms with Gasteiger partial charge >= 0.3 is 0 Å². The van der Waals surface area contributed by atoms with E-state index in [-0.39, 0.29) is 17.4 Å². The molecule has 1 aliphatic carbocycles. The summed E-state index contributed by atoms with van der Waals surface area (Å²) < 4.78 is 0. The van der Waals surface area contributed by atoms with Crippen molar-refractivity contribution < 1.29 is 5.11 Å². The number of thiazole rings is 1. The van der Waals surface area contributed by atoms with Crippen LogP contribution in [0, 0.1) is 5.41 Å². The fourth-order valence-electron chi connectivity index (χ4n) is 2.33. The topological polar surface area (TPSA) is 36.4 Å². The first-order valence-electron chi connectivity index (χ1n) is 5.62. The lowest BCUT2D eigenvalue weighted by atomic mass is 9.98. The fourth-order valence-corrected chi connectivity index (χ4v) is 3.72. The average molecular weight is 240 g/mol. The summed E-state index contributed by atoms with van der Waals surface area (Å²) in [6, 6.07) is 0. The van der Waals surface area contributed by atoms with Crippen molar-refractivity contribution in [1.29, 1.82) is 0 Å². The molecule has 0 spiro atoms. The van der Waals surface area contributed by atoms with Gasteiger partial charge in [-0.3, -0.25) is 0 Å². The van der Waals surface area contributed by atoms with E-state index >= 15 is 0 Å². The number of rotatable bonds is 4. The highest BCUT2D eigenvalue weighted by atomic mass is 32.1. The summed E-state index contributed by atoms with van der Waals surface area (Å²) in [6.07, 6.45) is 3.00. The minimum atomic E-state index is -0.0672. The van der Waals surface area contributed by atoms with E-state index in [0.29, 0.717) is 0 Å². The van der Waals surface area contributed by atoms with E-state index < -0.39 is 0 Å². The molecule has 0 aromatic carbocycles. The lowest BCUT2D eigenvalue weighted by Gasteiger charge is -2.14. The first kappa shape index (κ1) is 12.0. The highest BCUT2D eigenvalue weighted by Gasteiger charge is 2.63.